The minimum Gasteiger partial charge on any atom is -0.308 e. The van der Waals surface area contributed by atoms with Gasteiger partial charge in [-0.15, -0.1) is 0 Å². The molecule has 1 N–H and O–H groups in total. The van der Waals surface area contributed by atoms with Crippen molar-refractivity contribution in [2.45, 2.75) is 24.8 Å². The van der Waals surface area contributed by atoms with Crippen molar-refractivity contribution in [1.29, 1.82) is 0 Å². The van der Waals surface area contributed by atoms with Gasteiger partial charge in [0.25, 0.3) is 5.92 Å². The molecule has 0 amide bonds. The van der Waals surface area contributed by atoms with Crippen molar-refractivity contribution in [2.24, 2.45) is 0 Å². The largest absolute Gasteiger partial charge is 0.308 e. The zero-order chi connectivity index (χ0) is 12.1. The molecule has 1 heterocycles. The Bertz CT molecular complexity index is 337. The number of hydrogen-bond donors (Lipinski definition) is 1. The van der Waals surface area contributed by atoms with Crippen LogP contribution in [0.2, 0.25) is 0 Å². The fraction of sp³-hybridized carbons (Fsp3) is 0.538. The van der Waals surface area contributed by atoms with E-state index in [-0.39, 0.29) is 18.2 Å². The van der Waals surface area contributed by atoms with Crippen LogP contribution in [0.1, 0.15) is 18.4 Å². The van der Waals surface area contributed by atoms with Crippen molar-refractivity contribution < 1.29 is 8.78 Å². The summed E-state index contributed by atoms with van der Waals surface area (Å²) in [5, 5.41) is 3.00. The number of benzene rings is 1. The highest BCUT2D eigenvalue weighted by molar-refractivity contribution is 7.99. The molecule has 17 heavy (non-hydrogen) atoms. The second-order valence-electron chi connectivity index (χ2n) is 4.34. The lowest BCUT2D eigenvalue weighted by Gasteiger charge is -2.25. The van der Waals surface area contributed by atoms with E-state index in [0.717, 1.165) is 24.3 Å². The molecular formula is C13H17F2NS. The first kappa shape index (κ1) is 12.8. The Morgan fingerprint density at radius 3 is 2.47 bits per heavy atom. The maximum atomic E-state index is 13.8. The van der Waals surface area contributed by atoms with Crippen LogP contribution in [-0.2, 0) is 5.92 Å². The average molecular weight is 257 g/mol. The van der Waals surface area contributed by atoms with Gasteiger partial charge in [0, 0.05) is 11.6 Å². The van der Waals surface area contributed by atoms with Crippen molar-refractivity contribution in [2.75, 3.05) is 18.1 Å². The minimum absolute atomic E-state index is 0.0951. The SMILES string of the molecule is FC(F)(CNC1CCSCC1)c1ccccc1. The van der Waals surface area contributed by atoms with Crippen molar-refractivity contribution in [3.05, 3.63) is 35.9 Å². The third-order valence-corrected chi connectivity index (χ3v) is 4.08. The fourth-order valence-electron chi connectivity index (χ4n) is 1.96. The van der Waals surface area contributed by atoms with Crippen molar-refractivity contribution in [1.82, 2.24) is 5.32 Å². The highest BCUT2D eigenvalue weighted by Gasteiger charge is 2.31. The minimum atomic E-state index is -2.77. The molecule has 1 fully saturated rings. The van der Waals surface area contributed by atoms with E-state index in [1.54, 1.807) is 18.2 Å². The van der Waals surface area contributed by atoms with E-state index in [0.29, 0.717) is 0 Å². The fourth-order valence-corrected chi connectivity index (χ4v) is 3.06. The molecule has 1 aliphatic rings. The Morgan fingerprint density at radius 2 is 1.82 bits per heavy atom. The lowest BCUT2D eigenvalue weighted by atomic mass is 10.1. The predicted octanol–water partition coefficient (Wildman–Crippen LogP) is 3.26. The number of hydrogen-bond acceptors (Lipinski definition) is 2. The normalized spacial score (nSPS) is 18.2. The summed E-state index contributed by atoms with van der Waals surface area (Å²) in [7, 11) is 0. The monoisotopic (exact) mass is 257 g/mol. The lowest BCUT2D eigenvalue weighted by Crippen LogP contribution is -2.39. The molecule has 1 aromatic rings. The van der Waals surface area contributed by atoms with Crippen LogP contribution in [-0.4, -0.2) is 24.1 Å². The second-order valence-corrected chi connectivity index (χ2v) is 5.56. The van der Waals surface area contributed by atoms with Gasteiger partial charge in [0.05, 0.1) is 6.54 Å². The summed E-state index contributed by atoms with van der Waals surface area (Å²) in [6, 6.07) is 8.29. The molecule has 1 aliphatic heterocycles. The van der Waals surface area contributed by atoms with Crippen LogP contribution in [0.3, 0.4) is 0 Å². The van der Waals surface area contributed by atoms with Gasteiger partial charge in [0.1, 0.15) is 0 Å². The molecule has 0 bridgehead atoms. The molecule has 1 saturated heterocycles. The molecule has 4 heteroatoms. The molecule has 0 atom stereocenters. The van der Waals surface area contributed by atoms with Crippen LogP contribution in [0.4, 0.5) is 8.78 Å². The summed E-state index contributed by atoms with van der Waals surface area (Å²) in [6.07, 6.45) is 1.99. The molecule has 0 saturated carbocycles. The average Bonchev–Trinajstić information content (AvgIpc) is 2.39. The molecular weight excluding hydrogens is 240 g/mol. The van der Waals surface area contributed by atoms with Gasteiger partial charge in [0.15, 0.2) is 0 Å². The number of thioether (sulfide) groups is 1. The molecule has 0 aromatic heterocycles. The molecule has 1 nitrogen and oxygen atoms in total. The van der Waals surface area contributed by atoms with Crippen LogP contribution in [0.25, 0.3) is 0 Å². The van der Waals surface area contributed by atoms with E-state index in [1.165, 1.54) is 12.1 Å². The Morgan fingerprint density at radius 1 is 1.18 bits per heavy atom. The highest BCUT2D eigenvalue weighted by Crippen LogP contribution is 2.27. The van der Waals surface area contributed by atoms with Gasteiger partial charge in [0.2, 0.25) is 0 Å². The van der Waals surface area contributed by atoms with E-state index < -0.39 is 5.92 Å². The topological polar surface area (TPSA) is 12.0 Å². The Labute approximate surface area is 105 Å². The van der Waals surface area contributed by atoms with Gasteiger partial charge in [-0.3, -0.25) is 0 Å². The lowest BCUT2D eigenvalue weighted by molar-refractivity contribution is -0.00595. The van der Waals surface area contributed by atoms with Gasteiger partial charge >= 0.3 is 0 Å². The maximum Gasteiger partial charge on any atom is 0.285 e. The standard InChI is InChI=1S/C13H17F2NS/c14-13(15,11-4-2-1-3-5-11)10-16-12-6-8-17-9-7-12/h1-5,12,16H,6-10H2. The van der Waals surface area contributed by atoms with E-state index in [2.05, 4.69) is 5.32 Å². The van der Waals surface area contributed by atoms with Crippen LogP contribution in [0, 0.1) is 0 Å². The quantitative estimate of drug-likeness (QED) is 0.888. The molecule has 2 rings (SSSR count). The maximum absolute atomic E-state index is 13.8. The Hall–Kier alpha value is -0.610. The summed E-state index contributed by atoms with van der Waals surface area (Å²) in [4.78, 5) is 0. The first-order valence-corrected chi connectivity index (χ1v) is 7.08. The molecule has 94 valence electrons. The van der Waals surface area contributed by atoms with Gasteiger partial charge in [-0.25, -0.2) is 0 Å². The smallest absolute Gasteiger partial charge is 0.285 e. The molecule has 0 aliphatic carbocycles. The Kier molecular flexibility index (Phi) is 4.40. The third-order valence-electron chi connectivity index (χ3n) is 3.03. The molecule has 0 radical (unpaired) electrons. The predicted molar refractivity (Wildman–Crippen MR) is 68.7 cm³/mol. The van der Waals surface area contributed by atoms with Crippen molar-refractivity contribution in [3.8, 4) is 0 Å². The summed E-state index contributed by atoms with van der Waals surface area (Å²) in [5.41, 5.74) is 0.0951. The van der Waals surface area contributed by atoms with E-state index in [1.807, 2.05) is 11.8 Å². The second kappa shape index (κ2) is 5.83. The van der Waals surface area contributed by atoms with Crippen molar-refractivity contribution in [3.63, 3.8) is 0 Å². The van der Waals surface area contributed by atoms with E-state index >= 15 is 0 Å². The first-order valence-electron chi connectivity index (χ1n) is 5.93. The molecule has 0 unspecified atom stereocenters. The van der Waals surface area contributed by atoms with Crippen LogP contribution < -0.4 is 5.32 Å². The van der Waals surface area contributed by atoms with Crippen LogP contribution in [0.5, 0.6) is 0 Å². The van der Waals surface area contributed by atoms with Gasteiger partial charge in [-0.2, -0.15) is 20.5 Å². The van der Waals surface area contributed by atoms with Gasteiger partial charge < -0.3 is 5.32 Å². The van der Waals surface area contributed by atoms with Gasteiger partial charge in [-0.1, -0.05) is 30.3 Å². The van der Waals surface area contributed by atoms with Gasteiger partial charge in [-0.05, 0) is 24.3 Å². The Balaban J connectivity index is 1.88. The first-order chi connectivity index (χ1) is 8.18. The summed E-state index contributed by atoms with van der Waals surface area (Å²) in [6.45, 7) is -0.258. The summed E-state index contributed by atoms with van der Waals surface area (Å²) < 4.78 is 27.7. The number of halogens is 2. The van der Waals surface area contributed by atoms with E-state index in [4.69, 9.17) is 0 Å². The third kappa shape index (κ3) is 3.68. The highest BCUT2D eigenvalue weighted by atomic mass is 32.2. The zero-order valence-corrected chi connectivity index (χ0v) is 10.5. The van der Waals surface area contributed by atoms with Crippen LogP contribution in [0.15, 0.2) is 30.3 Å². The molecule has 0 spiro atoms. The molecule has 1 aromatic carbocycles. The number of rotatable bonds is 4. The number of alkyl halides is 2. The number of nitrogens with one attached hydrogen (secondary N) is 1. The van der Waals surface area contributed by atoms with E-state index in [9.17, 15) is 8.78 Å². The summed E-state index contributed by atoms with van der Waals surface area (Å²) in [5.74, 6) is -0.616. The van der Waals surface area contributed by atoms with Crippen LogP contribution >= 0.6 is 11.8 Å². The summed E-state index contributed by atoms with van der Waals surface area (Å²) >= 11 is 1.90. The zero-order valence-electron chi connectivity index (χ0n) is 9.66. The van der Waals surface area contributed by atoms with Crippen molar-refractivity contribution >= 4 is 11.8 Å².